The van der Waals surface area contributed by atoms with Crippen LogP contribution in [0.3, 0.4) is 0 Å². The molecule has 2 unspecified atom stereocenters. The first-order chi connectivity index (χ1) is 11.6. The molecule has 0 bridgehead atoms. The Morgan fingerprint density at radius 1 is 1.38 bits per heavy atom. The molecule has 1 fully saturated rings. The Hall–Kier alpha value is -2.14. The van der Waals surface area contributed by atoms with Crippen molar-refractivity contribution in [1.82, 2.24) is 14.9 Å². The van der Waals surface area contributed by atoms with Crippen LogP contribution in [0.4, 0.5) is 0 Å². The molecule has 2 atom stereocenters. The fourth-order valence-corrected chi connectivity index (χ4v) is 3.50. The van der Waals surface area contributed by atoms with Crippen molar-refractivity contribution >= 4 is 5.91 Å². The van der Waals surface area contributed by atoms with Crippen LogP contribution in [0.5, 0.6) is 0 Å². The van der Waals surface area contributed by atoms with Crippen LogP contribution in [0.15, 0.2) is 30.5 Å². The maximum Gasteiger partial charge on any atom is 0.253 e. The number of pyridine rings is 1. The van der Waals surface area contributed by atoms with Crippen LogP contribution in [0.2, 0.25) is 0 Å². The molecule has 2 heterocycles. The van der Waals surface area contributed by atoms with Crippen LogP contribution in [0, 0.1) is 19.8 Å². The van der Waals surface area contributed by atoms with Crippen molar-refractivity contribution in [3.8, 4) is 0 Å². The van der Waals surface area contributed by atoms with Gasteiger partial charge in [0.25, 0.3) is 5.91 Å². The number of amides is 1. The fourth-order valence-electron chi connectivity index (χ4n) is 3.50. The molecule has 0 aromatic carbocycles. The lowest BCUT2D eigenvalue weighted by atomic mass is 10.1. The van der Waals surface area contributed by atoms with Crippen LogP contribution < -0.4 is 5.32 Å². The molecule has 1 aliphatic rings. The predicted molar refractivity (Wildman–Crippen MR) is 92.9 cm³/mol. The summed E-state index contributed by atoms with van der Waals surface area (Å²) in [5.74, 6) is 0.125. The number of nitrogens with zero attached hydrogens (tertiary/aromatic N) is 2. The average Bonchev–Trinajstić information content (AvgIpc) is 3.11. The third kappa shape index (κ3) is 3.51. The van der Waals surface area contributed by atoms with Gasteiger partial charge in [0.1, 0.15) is 0 Å². The zero-order chi connectivity index (χ0) is 17.1. The van der Waals surface area contributed by atoms with E-state index in [1.54, 1.807) is 6.20 Å². The number of aliphatic hydroxyl groups excluding tert-OH is 1. The maximum absolute atomic E-state index is 12.5. The molecular formula is C19H25N3O2. The second-order valence-corrected chi connectivity index (χ2v) is 6.66. The number of nitrogens with one attached hydrogen (secondary N) is 1. The van der Waals surface area contributed by atoms with Crippen molar-refractivity contribution in [2.24, 2.45) is 5.92 Å². The Balaban J connectivity index is 1.69. The Labute approximate surface area is 142 Å². The molecule has 1 saturated carbocycles. The van der Waals surface area contributed by atoms with Gasteiger partial charge in [-0.15, -0.1) is 0 Å². The number of rotatable bonds is 5. The standard InChI is InChI=1S/C19H25N3O2/c1-13-10-17(19(24)21-11-15-6-5-8-18(15)23)14(2)22(13)12-16-7-3-4-9-20-16/h3-4,7,9-10,15,18,23H,5-6,8,11-12H2,1-2H3,(H,21,24). The van der Waals surface area contributed by atoms with Crippen molar-refractivity contribution in [2.75, 3.05) is 6.54 Å². The molecule has 5 nitrogen and oxygen atoms in total. The van der Waals surface area contributed by atoms with Gasteiger partial charge in [-0.1, -0.05) is 12.5 Å². The summed E-state index contributed by atoms with van der Waals surface area (Å²) in [6, 6.07) is 7.78. The van der Waals surface area contributed by atoms with Crippen LogP contribution in [0.25, 0.3) is 0 Å². The van der Waals surface area contributed by atoms with E-state index >= 15 is 0 Å². The summed E-state index contributed by atoms with van der Waals surface area (Å²) < 4.78 is 2.11. The minimum Gasteiger partial charge on any atom is -0.393 e. The van der Waals surface area contributed by atoms with Crippen molar-refractivity contribution in [3.63, 3.8) is 0 Å². The topological polar surface area (TPSA) is 67.2 Å². The van der Waals surface area contributed by atoms with Gasteiger partial charge in [-0.25, -0.2) is 0 Å². The minimum atomic E-state index is -0.276. The van der Waals surface area contributed by atoms with Gasteiger partial charge in [-0.2, -0.15) is 0 Å². The number of aliphatic hydroxyl groups is 1. The highest BCUT2D eigenvalue weighted by Gasteiger charge is 2.26. The number of carbonyl (C=O) groups is 1. The highest BCUT2D eigenvalue weighted by molar-refractivity contribution is 5.95. The summed E-state index contributed by atoms with van der Waals surface area (Å²) in [5.41, 5.74) is 3.67. The van der Waals surface area contributed by atoms with E-state index in [1.165, 1.54) is 0 Å². The Morgan fingerprint density at radius 2 is 2.21 bits per heavy atom. The lowest BCUT2D eigenvalue weighted by Crippen LogP contribution is -2.32. The Morgan fingerprint density at radius 3 is 2.88 bits per heavy atom. The molecule has 0 spiro atoms. The number of hydrogen-bond acceptors (Lipinski definition) is 3. The zero-order valence-electron chi connectivity index (χ0n) is 14.3. The summed E-state index contributed by atoms with van der Waals surface area (Å²) in [4.78, 5) is 16.9. The second kappa shape index (κ2) is 7.18. The summed E-state index contributed by atoms with van der Waals surface area (Å²) in [6.07, 6.45) is 4.38. The number of aromatic nitrogens is 2. The van der Waals surface area contributed by atoms with Gasteiger partial charge in [0, 0.05) is 30.0 Å². The van der Waals surface area contributed by atoms with Gasteiger partial charge in [0.05, 0.1) is 23.9 Å². The predicted octanol–water partition coefficient (Wildman–Crippen LogP) is 2.44. The minimum absolute atomic E-state index is 0.0607. The smallest absolute Gasteiger partial charge is 0.253 e. The molecule has 0 aliphatic heterocycles. The quantitative estimate of drug-likeness (QED) is 0.886. The van der Waals surface area contributed by atoms with E-state index in [2.05, 4.69) is 14.9 Å². The van der Waals surface area contributed by atoms with E-state index in [4.69, 9.17) is 0 Å². The molecule has 2 aromatic rings. The van der Waals surface area contributed by atoms with Crippen molar-refractivity contribution in [1.29, 1.82) is 0 Å². The first-order valence-corrected chi connectivity index (χ1v) is 8.59. The van der Waals surface area contributed by atoms with Gasteiger partial charge in [0.2, 0.25) is 0 Å². The van der Waals surface area contributed by atoms with Crippen molar-refractivity contribution < 1.29 is 9.90 Å². The third-order valence-electron chi connectivity index (χ3n) is 5.01. The van der Waals surface area contributed by atoms with Crippen LogP contribution >= 0.6 is 0 Å². The highest BCUT2D eigenvalue weighted by Crippen LogP contribution is 2.25. The molecule has 1 aliphatic carbocycles. The summed E-state index contributed by atoms with van der Waals surface area (Å²) >= 11 is 0. The molecule has 2 aromatic heterocycles. The van der Waals surface area contributed by atoms with Gasteiger partial charge in [-0.05, 0) is 44.9 Å². The van der Waals surface area contributed by atoms with E-state index in [-0.39, 0.29) is 17.9 Å². The van der Waals surface area contributed by atoms with E-state index < -0.39 is 0 Å². The van der Waals surface area contributed by atoms with Crippen LogP contribution in [-0.4, -0.2) is 33.2 Å². The van der Waals surface area contributed by atoms with Gasteiger partial charge in [-0.3, -0.25) is 9.78 Å². The monoisotopic (exact) mass is 327 g/mol. The van der Waals surface area contributed by atoms with Crippen LogP contribution in [-0.2, 0) is 6.54 Å². The first kappa shape index (κ1) is 16.7. The number of aryl methyl sites for hydroxylation is 1. The molecule has 0 radical (unpaired) electrons. The molecule has 24 heavy (non-hydrogen) atoms. The normalized spacial score (nSPS) is 20.3. The lowest BCUT2D eigenvalue weighted by Gasteiger charge is -2.15. The first-order valence-electron chi connectivity index (χ1n) is 8.59. The highest BCUT2D eigenvalue weighted by atomic mass is 16.3. The third-order valence-corrected chi connectivity index (χ3v) is 5.01. The molecule has 0 saturated heterocycles. The fraction of sp³-hybridized carbons (Fsp3) is 0.474. The molecule has 1 amide bonds. The van der Waals surface area contributed by atoms with E-state index in [0.717, 1.165) is 36.3 Å². The van der Waals surface area contributed by atoms with Crippen molar-refractivity contribution in [3.05, 3.63) is 53.1 Å². The Bertz CT molecular complexity index is 709. The number of carbonyl (C=O) groups excluding carboxylic acids is 1. The molecule has 2 N–H and O–H groups in total. The van der Waals surface area contributed by atoms with E-state index in [1.807, 2.05) is 38.1 Å². The van der Waals surface area contributed by atoms with Gasteiger partial charge < -0.3 is 15.0 Å². The molecular weight excluding hydrogens is 302 g/mol. The Kier molecular flexibility index (Phi) is 5.00. The molecule has 128 valence electrons. The summed E-state index contributed by atoms with van der Waals surface area (Å²) in [5, 5.41) is 12.9. The van der Waals surface area contributed by atoms with Gasteiger partial charge in [0.15, 0.2) is 0 Å². The average molecular weight is 327 g/mol. The SMILES string of the molecule is Cc1cc(C(=O)NCC2CCCC2O)c(C)n1Cc1ccccn1. The van der Waals surface area contributed by atoms with Crippen molar-refractivity contribution in [2.45, 2.75) is 45.8 Å². The second-order valence-electron chi connectivity index (χ2n) is 6.66. The molecule has 5 heteroatoms. The lowest BCUT2D eigenvalue weighted by molar-refractivity contribution is 0.0916. The number of hydrogen-bond donors (Lipinski definition) is 2. The summed E-state index contributed by atoms with van der Waals surface area (Å²) in [7, 11) is 0. The van der Waals surface area contributed by atoms with E-state index in [9.17, 15) is 9.90 Å². The largest absolute Gasteiger partial charge is 0.393 e. The van der Waals surface area contributed by atoms with Crippen LogP contribution in [0.1, 0.15) is 46.7 Å². The summed E-state index contributed by atoms with van der Waals surface area (Å²) in [6.45, 7) is 5.18. The molecule has 3 rings (SSSR count). The maximum atomic E-state index is 12.5. The zero-order valence-corrected chi connectivity index (χ0v) is 14.3. The van der Waals surface area contributed by atoms with E-state index in [0.29, 0.717) is 18.7 Å². The van der Waals surface area contributed by atoms with Gasteiger partial charge >= 0.3 is 0 Å².